The number of thiophene rings is 1. The Bertz CT molecular complexity index is 657. The average Bonchev–Trinajstić information content (AvgIpc) is 2.84. The van der Waals surface area contributed by atoms with Gasteiger partial charge in [0.25, 0.3) is 0 Å². The van der Waals surface area contributed by atoms with E-state index in [9.17, 15) is 0 Å². The number of rotatable bonds is 1. The Kier molecular flexibility index (Phi) is 2.39. The van der Waals surface area contributed by atoms with E-state index in [-0.39, 0.29) is 0 Å². The van der Waals surface area contributed by atoms with Crippen LogP contribution in [0.4, 0.5) is 0 Å². The molecule has 0 N–H and O–H groups in total. The minimum absolute atomic E-state index is 0.649. The lowest BCUT2D eigenvalue weighted by Gasteiger charge is -1.92. The van der Waals surface area contributed by atoms with Crippen molar-refractivity contribution in [2.75, 3.05) is 0 Å². The van der Waals surface area contributed by atoms with Crippen LogP contribution in [0.1, 0.15) is 0 Å². The highest BCUT2D eigenvalue weighted by Crippen LogP contribution is 2.31. The van der Waals surface area contributed by atoms with E-state index in [2.05, 4.69) is 4.98 Å². The summed E-state index contributed by atoms with van der Waals surface area (Å²) in [4.78, 5) is 5.52. The molecule has 2 nitrogen and oxygen atoms in total. The van der Waals surface area contributed by atoms with Crippen LogP contribution in [0.25, 0.3) is 16.2 Å². The van der Waals surface area contributed by atoms with Crippen molar-refractivity contribution in [2.45, 2.75) is 0 Å². The second-order valence-corrected chi connectivity index (χ2v) is 5.44. The molecule has 0 aromatic carbocycles. The number of hydrogen-bond acceptors (Lipinski definition) is 2. The van der Waals surface area contributed by atoms with Crippen molar-refractivity contribution >= 4 is 40.2 Å². The predicted molar refractivity (Wildman–Crippen MR) is 68.5 cm³/mol. The van der Waals surface area contributed by atoms with Gasteiger partial charge in [-0.15, -0.1) is 11.3 Å². The van der Waals surface area contributed by atoms with E-state index >= 15 is 0 Å². The molecule has 0 amide bonds. The molecule has 0 saturated heterocycles. The first-order valence-corrected chi connectivity index (χ1v) is 6.20. The molecule has 0 unspecified atom stereocenters. The van der Waals surface area contributed by atoms with Gasteiger partial charge in [0.1, 0.15) is 0 Å². The van der Waals surface area contributed by atoms with E-state index in [0.717, 1.165) is 20.6 Å². The normalized spacial score (nSPS) is 11.1. The first-order valence-electron chi connectivity index (χ1n) is 4.63. The molecule has 0 radical (unpaired) electrons. The number of fused-ring (bicyclic) bond motifs is 1. The van der Waals surface area contributed by atoms with E-state index in [1.54, 1.807) is 0 Å². The minimum Gasteiger partial charge on any atom is -0.305 e. The van der Waals surface area contributed by atoms with Crippen molar-refractivity contribution in [3.05, 3.63) is 46.0 Å². The van der Waals surface area contributed by atoms with Crippen LogP contribution in [0.2, 0.25) is 9.36 Å². The summed E-state index contributed by atoms with van der Waals surface area (Å²) in [6.07, 6.45) is 3.87. The van der Waals surface area contributed by atoms with E-state index in [1.807, 2.05) is 41.1 Å². The first-order chi connectivity index (χ1) is 7.74. The Hall–Kier alpha value is -1.03. The highest BCUT2D eigenvalue weighted by molar-refractivity contribution is 7.19. The second kappa shape index (κ2) is 3.77. The van der Waals surface area contributed by atoms with Gasteiger partial charge < -0.3 is 4.40 Å². The van der Waals surface area contributed by atoms with E-state index < -0.39 is 0 Å². The van der Waals surface area contributed by atoms with Gasteiger partial charge in [-0.1, -0.05) is 23.2 Å². The fourth-order valence-corrected chi connectivity index (χ4v) is 2.76. The van der Waals surface area contributed by atoms with Crippen molar-refractivity contribution in [2.24, 2.45) is 0 Å². The van der Waals surface area contributed by atoms with Crippen molar-refractivity contribution in [1.29, 1.82) is 0 Å². The van der Waals surface area contributed by atoms with Crippen molar-refractivity contribution in [3.63, 3.8) is 0 Å². The van der Waals surface area contributed by atoms with Crippen LogP contribution in [0, 0.1) is 0 Å². The van der Waals surface area contributed by atoms with Crippen LogP contribution in [0.5, 0.6) is 0 Å². The molecule has 0 aliphatic rings. The molecule has 80 valence electrons. The smallest absolute Gasteiger partial charge is 0.156 e. The molecule has 3 rings (SSSR count). The summed E-state index contributed by atoms with van der Waals surface area (Å²) in [5, 5.41) is 0.649. The summed E-state index contributed by atoms with van der Waals surface area (Å²) < 4.78 is 2.67. The largest absolute Gasteiger partial charge is 0.305 e. The van der Waals surface area contributed by atoms with Crippen molar-refractivity contribution in [3.8, 4) is 10.6 Å². The van der Waals surface area contributed by atoms with Crippen LogP contribution in [-0.4, -0.2) is 9.38 Å². The Morgan fingerprint density at radius 1 is 1.19 bits per heavy atom. The Morgan fingerprint density at radius 2 is 2.06 bits per heavy atom. The molecule has 0 fully saturated rings. The van der Waals surface area contributed by atoms with Gasteiger partial charge in [0.2, 0.25) is 0 Å². The molecule has 3 aromatic rings. The molecule has 3 aromatic heterocycles. The topological polar surface area (TPSA) is 17.3 Å². The van der Waals surface area contributed by atoms with Crippen LogP contribution in [0.3, 0.4) is 0 Å². The van der Waals surface area contributed by atoms with Crippen molar-refractivity contribution in [1.82, 2.24) is 9.38 Å². The maximum atomic E-state index is 6.06. The lowest BCUT2D eigenvalue weighted by atomic mass is 10.4. The molecular weight excluding hydrogens is 263 g/mol. The van der Waals surface area contributed by atoms with Gasteiger partial charge >= 0.3 is 0 Å². The fourth-order valence-electron chi connectivity index (χ4n) is 1.55. The fraction of sp³-hybridized carbons (Fsp3) is 0. The number of aromatic nitrogens is 2. The SMILES string of the molecule is Clc1ccc(-c2cn3cccc(Cl)c3n2)s1. The summed E-state index contributed by atoms with van der Waals surface area (Å²) in [7, 11) is 0. The summed E-state index contributed by atoms with van der Waals surface area (Å²) >= 11 is 13.5. The zero-order chi connectivity index (χ0) is 11.1. The molecule has 0 bridgehead atoms. The number of nitrogens with zero attached hydrogens (tertiary/aromatic N) is 2. The van der Waals surface area contributed by atoms with Crippen molar-refractivity contribution < 1.29 is 0 Å². The molecule has 0 aliphatic carbocycles. The van der Waals surface area contributed by atoms with Crippen LogP contribution in [0.15, 0.2) is 36.7 Å². The van der Waals surface area contributed by atoms with Gasteiger partial charge in [0, 0.05) is 12.4 Å². The first kappa shape index (κ1) is 10.1. The highest BCUT2D eigenvalue weighted by atomic mass is 35.5. The van der Waals surface area contributed by atoms with Gasteiger partial charge in [-0.05, 0) is 24.3 Å². The molecule has 0 atom stereocenters. The minimum atomic E-state index is 0.649. The molecular formula is C11H6Cl2N2S. The number of halogens is 2. The summed E-state index contributed by atoms with van der Waals surface area (Å²) in [5.41, 5.74) is 1.66. The average molecular weight is 269 g/mol. The monoisotopic (exact) mass is 268 g/mol. The van der Waals surface area contributed by atoms with Gasteiger partial charge in [0.05, 0.1) is 19.9 Å². The zero-order valence-corrected chi connectivity index (χ0v) is 10.4. The summed E-state index contributed by atoms with van der Waals surface area (Å²) in [6, 6.07) is 7.55. The second-order valence-electron chi connectivity index (χ2n) is 3.32. The summed E-state index contributed by atoms with van der Waals surface area (Å²) in [5.74, 6) is 0. The Morgan fingerprint density at radius 3 is 2.75 bits per heavy atom. The summed E-state index contributed by atoms with van der Waals surface area (Å²) in [6.45, 7) is 0. The molecule has 5 heteroatoms. The molecule has 0 spiro atoms. The molecule has 0 saturated carbocycles. The van der Waals surface area contributed by atoms with Crippen LogP contribution < -0.4 is 0 Å². The van der Waals surface area contributed by atoms with Gasteiger partial charge in [-0.2, -0.15) is 0 Å². The Balaban J connectivity index is 2.22. The molecule has 0 aliphatic heterocycles. The van der Waals surface area contributed by atoms with Gasteiger partial charge in [0.15, 0.2) is 5.65 Å². The zero-order valence-electron chi connectivity index (χ0n) is 8.02. The van der Waals surface area contributed by atoms with E-state index in [1.165, 1.54) is 11.3 Å². The molecule has 3 heterocycles. The van der Waals surface area contributed by atoms with Gasteiger partial charge in [-0.25, -0.2) is 4.98 Å². The molecule has 16 heavy (non-hydrogen) atoms. The van der Waals surface area contributed by atoms with E-state index in [4.69, 9.17) is 23.2 Å². The highest BCUT2D eigenvalue weighted by Gasteiger charge is 2.08. The number of hydrogen-bond donors (Lipinski definition) is 0. The standard InChI is InChI=1S/C11H6Cl2N2S/c12-7-2-1-5-15-6-8(14-11(7)15)9-3-4-10(13)16-9/h1-6H. The number of pyridine rings is 1. The third kappa shape index (κ3) is 1.61. The van der Waals surface area contributed by atoms with E-state index in [0.29, 0.717) is 5.02 Å². The number of imidazole rings is 1. The van der Waals surface area contributed by atoms with Gasteiger partial charge in [-0.3, -0.25) is 0 Å². The quantitative estimate of drug-likeness (QED) is 0.641. The lowest BCUT2D eigenvalue weighted by molar-refractivity contribution is 1.19. The Labute approximate surface area is 106 Å². The van der Waals surface area contributed by atoms with Crippen LogP contribution >= 0.6 is 34.5 Å². The lowest BCUT2D eigenvalue weighted by Crippen LogP contribution is -1.80. The third-order valence-corrected chi connectivity index (χ3v) is 3.81. The maximum Gasteiger partial charge on any atom is 0.156 e. The third-order valence-electron chi connectivity index (χ3n) is 2.26. The maximum absolute atomic E-state index is 6.06. The predicted octanol–water partition coefficient (Wildman–Crippen LogP) is 4.37. The van der Waals surface area contributed by atoms with Crippen LogP contribution in [-0.2, 0) is 0 Å².